The molecule has 5 heteroatoms. The van der Waals surface area contributed by atoms with E-state index in [1.165, 1.54) is 12.1 Å². The van der Waals surface area contributed by atoms with Crippen LogP contribution in [0.1, 0.15) is 22.8 Å². The normalized spacial score (nSPS) is 13.3. The standard InChI is InChI=1S/C14H10BrF3O/c15-12-4-2-1-3-11(12)13(19)9-5-7-10(8-6-9)14(16,17)18/h1-8,13,19H/t13-/m0/s1. The number of halogens is 4. The van der Waals surface area contributed by atoms with Gasteiger partial charge in [0.15, 0.2) is 0 Å². The minimum Gasteiger partial charge on any atom is -0.384 e. The van der Waals surface area contributed by atoms with Crippen molar-refractivity contribution in [1.82, 2.24) is 0 Å². The summed E-state index contributed by atoms with van der Waals surface area (Å²) >= 11 is 3.30. The fraction of sp³-hybridized carbons (Fsp3) is 0.143. The van der Waals surface area contributed by atoms with E-state index in [4.69, 9.17) is 0 Å². The first-order valence-electron chi connectivity index (χ1n) is 5.49. The zero-order valence-electron chi connectivity index (χ0n) is 9.66. The van der Waals surface area contributed by atoms with Gasteiger partial charge in [-0.2, -0.15) is 13.2 Å². The molecular weight excluding hydrogens is 321 g/mol. The Morgan fingerprint density at radius 3 is 2.05 bits per heavy atom. The van der Waals surface area contributed by atoms with Gasteiger partial charge in [0.25, 0.3) is 0 Å². The molecule has 0 saturated carbocycles. The first-order valence-corrected chi connectivity index (χ1v) is 6.28. The molecule has 19 heavy (non-hydrogen) atoms. The quantitative estimate of drug-likeness (QED) is 0.856. The Kier molecular flexibility index (Phi) is 3.96. The first-order chi connectivity index (χ1) is 8.89. The summed E-state index contributed by atoms with van der Waals surface area (Å²) < 4.78 is 38.0. The number of rotatable bonds is 2. The maximum absolute atomic E-state index is 12.4. The highest BCUT2D eigenvalue weighted by atomic mass is 79.9. The van der Waals surface area contributed by atoms with Crippen LogP contribution in [0.5, 0.6) is 0 Å². The monoisotopic (exact) mass is 330 g/mol. The van der Waals surface area contributed by atoms with Gasteiger partial charge in [-0.25, -0.2) is 0 Å². The average Bonchev–Trinajstić information content (AvgIpc) is 2.38. The van der Waals surface area contributed by atoms with E-state index in [1.807, 2.05) is 0 Å². The van der Waals surface area contributed by atoms with E-state index in [2.05, 4.69) is 15.9 Å². The molecule has 0 unspecified atom stereocenters. The second kappa shape index (κ2) is 5.35. The summed E-state index contributed by atoms with van der Waals surface area (Å²) in [5.74, 6) is 0. The van der Waals surface area contributed by atoms with Crippen molar-refractivity contribution in [3.05, 3.63) is 69.7 Å². The fourth-order valence-electron chi connectivity index (χ4n) is 1.73. The Morgan fingerprint density at radius 1 is 0.947 bits per heavy atom. The summed E-state index contributed by atoms with van der Waals surface area (Å²) in [7, 11) is 0. The van der Waals surface area contributed by atoms with Crippen LogP contribution >= 0.6 is 15.9 Å². The summed E-state index contributed by atoms with van der Waals surface area (Å²) in [6, 6.07) is 11.5. The number of alkyl halides is 3. The molecule has 100 valence electrons. The molecule has 1 nitrogen and oxygen atoms in total. The number of aliphatic hydroxyl groups is 1. The van der Waals surface area contributed by atoms with Gasteiger partial charge in [-0.3, -0.25) is 0 Å². The average molecular weight is 331 g/mol. The highest BCUT2D eigenvalue weighted by Crippen LogP contribution is 2.32. The van der Waals surface area contributed by atoms with Crippen molar-refractivity contribution < 1.29 is 18.3 Å². The number of benzene rings is 2. The summed E-state index contributed by atoms with van der Waals surface area (Å²) in [5, 5.41) is 10.2. The molecule has 0 fully saturated rings. The van der Waals surface area contributed by atoms with Crippen molar-refractivity contribution >= 4 is 15.9 Å². The van der Waals surface area contributed by atoms with Gasteiger partial charge < -0.3 is 5.11 Å². The van der Waals surface area contributed by atoms with Crippen LogP contribution in [-0.4, -0.2) is 5.11 Å². The molecule has 0 aliphatic rings. The van der Waals surface area contributed by atoms with E-state index < -0.39 is 17.8 Å². The predicted molar refractivity (Wildman–Crippen MR) is 69.6 cm³/mol. The maximum atomic E-state index is 12.4. The third kappa shape index (κ3) is 3.16. The van der Waals surface area contributed by atoms with Gasteiger partial charge in [-0.1, -0.05) is 46.3 Å². The lowest BCUT2D eigenvalue weighted by atomic mass is 10.0. The van der Waals surface area contributed by atoms with E-state index in [9.17, 15) is 18.3 Å². The zero-order chi connectivity index (χ0) is 14.0. The molecule has 0 spiro atoms. The van der Waals surface area contributed by atoms with Gasteiger partial charge in [0.2, 0.25) is 0 Å². The van der Waals surface area contributed by atoms with Crippen LogP contribution in [0.4, 0.5) is 13.2 Å². The van der Waals surface area contributed by atoms with Gasteiger partial charge in [0.05, 0.1) is 5.56 Å². The molecular formula is C14H10BrF3O. The number of aliphatic hydroxyl groups excluding tert-OH is 1. The van der Waals surface area contributed by atoms with Gasteiger partial charge in [-0.05, 0) is 29.3 Å². The summed E-state index contributed by atoms with van der Waals surface area (Å²) in [6.07, 6.45) is -5.32. The summed E-state index contributed by atoms with van der Waals surface area (Å²) in [5.41, 5.74) is 0.303. The molecule has 0 aliphatic carbocycles. The van der Waals surface area contributed by atoms with Crippen molar-refractivity contribution in [2.75, 3.05) is 0 Å². The van der Waals surface area contributed by atoms with Crippen molar-refractivity contribution in [3.63, 3.8) is 0 Å². The molecule has 1 atom stereocenters. The lowest BCUT2D eigenvalue weighted by molar-refractivity contribution is -0.137. The van der Waals surface area contributed by atoms with Crippen LogP contribution in [0.3, 0.4) is 0 Å². The molecule has 2 aromatic carbocycles. The van der Waals surface area contributed by atoms with Crippen molar-refractivity contribution in [1.29, 1.82) is 0 Å². The van der Waals surface area contributed by atoms with Crippen LogP contribution in [0.15, 0.2) is 53.0 Å². The zero-order valence-corrected chi connectivity index (χ0v) is 11.2. The molecule has 0 amide bonds. The summed E-state index contributed by atoms with van der Waals surface area (Å²) in [4.78, 5) is 0. The van der Waals surface area contributed by atoms with Crippen molar-refractivity contribution in [2.24, 2.45) is 0 Å². The van der Waals surface area contributed by atoms with E-state index in [1.54, 1.807) is 24.3 Å². The third-order valence-electron chi connectivity index (χ3n) is 2.75. The molecule has 0 saturated heterocycles. The minimum absolute atomic E-state index is 0.417. The van der Waals surface area contributed by atoms with E-state index in [-0.39, 0.29) is 0 Å². The lowest BCUT2D eigenvalue weighted by Crippen LogP contribution is -2.06. The van der Waals surface area contributed by atoms with Gasteiger partial charge in [-0.15, -0.1) is 0 Å². The molecule has 0 aliphatic heterocycles. The van der Waals surface area contributed by atoms with Crippen LogP contribution in [-0.2, 0) is 6.18 Å². The highest BCUT2D eigenvalue weighted by Gasteiger charge is 2.30. The third-order valence-corrected chi connectivity index (χ3v) is 3.48. The Morgan fingerprint density at radius 2 is 1.53 bits per heavy atom. The molecule has 2 aromatic rings. The second-order valence-electron chi connectivity index (χ2n) is 4.04. The number of hydrogen-bond acceptors (Lipinski definition) is 1. The van der Waals surface area contributed by atoms with Crippen LogP contribution in [0.2, 0.25) is 0 Å². The Hall–Kier alpha value is -1.33. The van der Waals surface area contributed by atoms with E-state index >= 15 is 0 Å². The molecule has 1 N–H and O–H groups in total. The minimum atomic E-state index is -4.36. The lowest BCUT2D eigenvalue weighted by Gasteiger charge is -2.14. The topological polar surface area (TPSA) is 20.2 Å². The Bertz CT molecular complexity index is 564. The smallest absolute Gasteiger partial charge is 0.384 e. The fourth-order valence-corrected chi connectivity index (χ4v) is 2.23. The Balaban J connectivity index is 2.31. The van der Waals surface area contributed by atoms with Crippen LogP contribution < -0.4 is 0 Å². The molecule has 0 aromatic heterocycles. The Labute approximate surface area is 116 Å². The second-order valence-corrected chi connectivity index (χ2v) is 4.90. The molecule has 0 bridgehead atoms. The van der Waals surface area contributed by atoms with Gasteiger partial charge in [0, 0.05) is 4.47 Å². The SMILES string of the molecule is O[C@@H](c1ccc(C(F)(F)F)cc1)c1ccccc1Br. The van der Waals surface area contributed by atoms with Crippen molar-refractivity contribution in [3.8, 4) is 0 Å². The van der Waals surface area contributed by atoms with Gasteiger partial charge in [0.1, 0.15) is 6.10 Å². The predicted octanol–water partition coefficient (Wildman–Crippen LogP) is 4.55. The van der Waals surface area contributed by atoms with Crippen LogP contribution in [0, 0.1) is 0 Å². The largest absolute Gasteiger partial charge is 0.416 e. The van der Waals surface area contributed by atoms with E-state index in [0.717, 1.165) is 12.1 Å². The van der Waals surface area contributed by atoms with E-state index in [0.29, 0.717) is 15.6 Å². The summed E-state index contributed by atoms with van der Waals surface area (Å²) in [6.45, 7) is 0. The first kappa shape index (κ1) is 14.1. The molecule has 2 rings (SSSR count). The highest BCUT2D eigenvalue weighted by molar-refractivity contribution is 9.10. The van der Waals surface area contributed by atoms with Crippen molar-refractivity contribution in [2.45, 2.75) is 12.3 Å². The maximum Gasteiger partial charge on any atom is 0.416 e. The van der Waals surface area contributed by atoms with Crippen LogP contribution in [0.25, 0.3) is 0 Å². The molecule has 0 radical (unpaired) electrons. The molecule has 0 heterocycles. The number of hydrogen-bond donors (Lipinski definition) is 1. The van der Waals surface area contributed by atoms with Gasteiger partial charge >= 0.3 is 6.18 Å².